The molecule has 0 N–H and O–H groups in total. The van der Waals surface area contributed by atoms with Crippen molar-refractivity contribution in [1.82, 2.24) is 14.7 Å². The van der Waals surface area contributed by atoms with Crippen molar-refractivity contribution in [3.8, 4) is 22.8 Å². The van der Waals surface area contributed by atoms with Crippen LogP contribution in [-0.2, 0) is 4.79 Å². The SMILES string of the molecule is COc1ccc(-c2nn([C@@H](C)C(=O)N(C)C)c(=O)cc2OC)cc1. The molecule has 0 unspecified atom stereocenters. The molecule has 0 aliphatic carbocycles. The summed E-state index contributed by atoms with van der Waals surface area (Å²) in [5.74, 6) is 0.851. The van der Waals surface area contributed by atoms with Gasteiger partial charge < -0.3 is 14.4 Å². The molecule has 0 aliphatic heterocycles. The van der Waals surface area contributed by atoms with E-state index in [9.17, 15) is 9.59 Å². The zero-order chi connectivity index (χ0) is 17.9. The van der Waals surface area contributed by atoms with E-state index in [1.165, 1.54) is 22.8 Å². The molecule has 0 saturated carbocycles. The van der Waals surface area contributed by atoms with Crippen LogP contribution in [0.15, 0.2) is 35.1 Å². The van der Waals surface area contributed by atoms with E-state index < -0.39 is 11.6 Å². The van der Waals surface area contributed by atoms with Gasteiger partial charge in [-0.2, -0.15) is 5.10 Å². The van der Waals surface area contributed by atoms with E-state index in [2.05, 4.69) is 5.10 Å². The van der Waals surface area contributed by atoms with Crippen LogP contribution in [0.1, 0.15) is 13.0 Å². The smallest absolute Gasteiger partial charge is 0.271 e. The maximum Gasteiger partial charge on any atom is 0.271 e. The van der Waals surface area contributed by atoms with Crippen molar-refractivity contribution < 1.29 is 14.3 Å². The Balaban J connectivity index is 2.56. The van der Waals surface area contributed by atoms with Crippen LogP contribution >= 0.6 is 0 Å². The molecular formula is C17H21N3O4. The second-order valence-electron chi connectivity index (χ2n) is 5.48. The van der Waals surface area contributed by atoms with Crippen LogP contribution in [0.4, 0.5) is 0 Å². The van der Waals surface area contributed by atoms with Gasteiger partial charge in [-0.05, 0) is 31.2 Å². The molecule has 1 amide bonds. The Bertz CT molecular complexity index is 781. The van der Waals surface area contributed by atoms with E-state index in [4.69, 9.17) is 9.47 Å². The maximum absolute atomic E-state index is 12.3. The van der Waals surface area contributed by atoms with Gasteiger partial charge >= 0.3 is 0 Å². The lowest BCUT2D eigenvalue weighted by Gasteiger charge is -2.19. The predicted octanol–water partition coefficient (Wildman–Crippen LogP) is 1.58. The van der Waals surface area contributed by atoms with Gasteiger partial charge in [-0.15, -0.1) is 0 Å². The van der Waals surface area contributed by atoms with E-state index in [1.54, 1.807) is 40.3 Å². The molecule has 1 atom stereocenters. The van der Waals surface area contributed by atoms with Gasteiger partial charge in [-0.3, -0.25) is 9.59 Å². The highest BCUT2D eigenvalue weighted by Gasteiger charge is 2.21. The Morgan fingerprint density at radius 2 is 1.79 bits per heavy atom. The first-order valence-corrected chi connectivity index (χ1v) is 7.42. The number of carbonyl (C=O) groups is 1. The molecule has 1 heterocycles. The number of benzene rings is 1. The summed E-state index contributed by atoms with van der Waals surface area (Å²) in [5, 5.41) is 4.36. The third-order valence-electron chi connectivity index (χ3n) is 3.67. The van der Waals surface area contributed by atoms with Gasteiger partial charge in [0.15, 0.2) is 5.75 Å². The Morgan fingerprint density at radius 3 is 2.29 bits per heavy atom. The highest BCUT2D eigenvalue weighted by Crippen LogP contribution is 2.28. The molecule has 2 rings (SSSR count). The topological polar surface area (TPSA) is 73.7 Å². The number of ether oxygens (including phenoxy) is 2. The Hall–Kier alpha value is -2.83. The number of methoxy groups -OCH3 is 2. The number of nitrogens with zero attached hydrogens (tertiary/aromatic N) is 3. The number of rotatable bonds is 5. The summed E-state index contributed by atoms with van der Waals surface area (Å²) in [4.78, 5) is 25.9. The van der Waals surface area contributed by atoms with Crippen LogP contribution in [0.2, 0.25) is 0 Å². The molecule has 0 radical (unpaired) electrons. The minimum absolute atomic E-state index is 0.213. The first kappa shape index (κ1) is 17.5. The fourth-order valence-electron chi connectivity index (χ4n) is 2.31. The molecule has 7 nitrogen and oxygen atoms in total. The number of likely N-dealkylation sites (N-methyl/N-ethyl adjacent to an activating group) is 1. The van der Waals surface area contributed by atoms with Gasteiger partial charge in [-0.25, -0.2) is 4.68 Å². The molecular weight excluding hydrogens is 310 g/mol. The van der Waals surface area contributed by atoms with Crippen molar-refractivity contribution in [2.45, 2.75) is 13.0 Å². The summed E-state index contributed by atoms with van der Waals surface area (Å²) >= 11 is 0. The maximum atomic E-state index is 12.3. The Kier molecular flexibility index (Phi) is 5.23. The van der Waals surface area contributed by atoms with Crippen molar-refractivity contribution in [1.29, 1.82) is 0 Å². The van der Waals surface area contributed by atoms with Gasteiger partial charge in [-0.1, -0.05) is 0 Å². The first-order valence-electron chi connectivity index (χ1n) is 7.42. The normalized spacial score (nSPS) is 11.7. The summed E-state index contributed by atoms with van der Waals surface area (Å²) < 4.78 is 11.6. The van der Waals surface area contributed by atoms with E-state index in [1.807, 2.05) is 12.1 Å². The minimum atomic E-state index is -0.713. The molecule has 0 bridgehead atoms. The predicted molar refractivity (Wildman–Crippen MR) is 90.4 cm³/mol. The standard InChI is InChI=1S/C17H21N3O4/c1-11(17(22)19(2)3)20-15(21)10-14(24-5)16(18-20)12-6-8-13(23-4)9-7-12/h6-11H,1-5H3/t11-/m0/s1. The molecule has 0 aliphatic rings. The Morgan fingerprint density at radius 1 is 1.17 bits per heavy atom. The summed E-state index contributed by atoms with van der Waals surface area (Å²) in [7, 11) is 6.33. The summed E-state index contributed by atoms with van der Waals surface area (Å²) in [6.07, 6.45) is 0. The van der Waals surface area contributed by atoms with Crippen LogP contribution < -0.4 is 15.0 Å². The number of carbonyl (C=O) groups excluding carboxylic acids is 1. The zero-order valence-corrected chi connectivity index (χ0v) is 14.4. The van der Waals surface area contributed by atoms with Crippen LogP contribution in [0, 0.1) is 0 Å². The molecule has 7 heteroatoms. The van der Waals surface area contributed by atoms with Gasteiger partial charge in [0.1, 0.15) is 17.5 Å². The molecule has 0 fully saturated rings. The van der Waals surface area contributed by atoms with Gasteiger partial charge in [0.05, 0.1) is 14.2 Å². The fraction of sp³-hybridized carbons (Fsp3) is 0.353. The first-order chi connectivity index (χ1) is 11.4. The molecule has 24 heavy (non-hydrogen) atoms. The number of hydrogen-bond acceptors (Lipinski definition) is 5. The number of aromatic nitrogens is 2. The second-order valence-corrected chi connectivity index (χ2v) is 5.48. The highest BCUT2D eigenvalue weighted by molar-refractivity contribution is 5.79. The number of hydrogen-bond donors (Lipinski definition) is 0. The van der Waals surface area contributed by atoms with Crippen LogP contribution in [0.5, 0.6) is 11.5 Å². The fourth-order valence-corrected chi connectivity index (χ4v) is 2.31. The van der Waals surface area contributed by atoms with Crippen molar-refractivity contribution >= 4 is 5.91 Å². The lowest BCUT2D eigenvalue weighted by atomic mass is 10.1. The van der Waals surface area contributed by atoms with E-state index in [-0.39, 0.29) is 5.91 Å². The summed E-state index contributed by atoms with van der Waals surface area (Å²) in [5.41, 5.74) is 0.843. The highest BCUT2D eigenvalue weighted by atomic mass is 16.5. The lowest BCUT2D eigenvalue weighted by Crippen LogP contribution is -2.36. The lowest BCUT2D eigenvalue weighted by molar-refractivity contribution is -0.132. The van der Waals surface area contributed by atoms with Crippen molar-refractivity contribution in [3.63, 3.8) is 0 Å². The third kappa shape index (κ3) is 3.40. The molecule has 1 aromatic carbocycles. The van der Waals surface area contributed by atoms with Gasteiger partial charge in [0.25, 0.3) is 5.56 Å². The van der Waals surface area contributed by atoms with Crippen LogP contribution in [-0.4, -0.2) is 48.9 Å². The average Bonchev–Trinajstić information content (AvgIpc) is 2.60. The molecule has 128 valence electrons. The van der Waals surface area contributed by atoms with Crippen molar-refractivity contribution in [2.24, 2.45) is 0 Å². The zero-order valence-electron chi connectivity index (χ0n) is 14.4. The third-order valence-corrected chi connectivity index (χ3v) is 3.67. The van der Waals surface area contributed by atoms with E-state index in [0.717, 1.165) is 5.56 Å². The monoisotopic (exact) mass is 331 g/mol. The van der Waals surface area contributed by atoms with Crippen LogP contribution in [0.3, 0.4) is 0 Å². The molecule has 1 aromatic heterocycles. The average molecular weight is 331 g/mol. The van der Waals surface area contributed by atoms with Gasteiger partial charge in [0.2, 0.25) is 5.91 Å². The molecule has 0 spiro atoms. The number of amides is 1. The second kappa shape index (κ2) is 7.16. The molecule has 2 aromatic rings. The van der Waals surface area contributed by atoms with Crippen molar-refractivity contribution in [3.05, 3.63) is 40.7 Å². The Labute approximate surface area is 140 Å². The van der Waals surface area contributed by atoms with Gasteiger partial charge in [0, 0.05) is 25.7 Å². The molecule has 0 saturated heterocycles. The van der Waals surface area contributed by atoms with E-state index >= 15 is 0 Å². The quantitative estimate of drug-likeness (QED) is 0.831. The largest absolute Gasteiger partial charge is 0.497 e. The van der Waals surface area contributed by atoms with Crippen molar-refractivity contribution in [2.75, 3.05) is 28.3 Å². The van der Waals surface area contributed by atoms with E-state index in [0.29, 0.717) is 17.2 Å². The summed E-state index contributed by atoms with van der Waals surface area (Å²) in [6, 6.07) is 7.84. The van der Waals surface area contributed by atoms with Crippen LogP contribution in [0.25, 0.3) is 11.3 Å². The minimum Gasteiger partial charge on any atom is -0.497 e. The summed E-state index contributed by atoms with van der Waals surface area (Å²) in [6.45, 7) is 1.64.